The molecule has 0 atom stereocenters. The zero-order valence-electron chi connectivity index (χ0n) is 21.0. The van der Waals surface area contributed by atoms with Crippen LogP contribution in [0.15, 0.2) is 72.8 Å². The van der Waals surface area contributed by atoms with Crippen molar-refractivity contribution in [3.8, 4) is 0 Å². The fraction of sp³-hybridized carbons (Fsp3) is 0.273. The van der Waals surface area contributed by atoms with Gasteiger partial charge in [-0.15, -0.1) is 0 Å². The Morgan fingerprint density at radius 1 is 0.394 bits per heavy atom. The van der Waals surface area contributed by atoms with Gasteiger partial charge in [-0.2, -0.15) is 0 Å². The average molecular weight is 433 g/mol. The molecular weight excluding hydrogens is 396 g/mol. The molecule has 4 aromatic rings. The third-order valence-corrected chi connectivity index (χ3v) is 7.11. The minimum Gasteiger partial charge on any atom is -0.0590 e. The molecule has 0 saturated heterocycles. The van der Waals surface area contributed by atoms with Gasteiger partial charge in [0.1, 0.15) is 0 Å². The van der Waals surface area contributed by atoms with Crippen LogP contribution in [-0.4, -0.2) is 0 Å². The van der Waals surface area contributed by atoms with E-state index in [0.29, 0.717) is 0 Å². The fourth-order valence-corrected chi connectivity index (χ4v) is 4.69. The van der Waals surface area contributed by atoms with Crippen molar-refractivity contribution in [2.75, 3.05) is 0 Å². The van der Waals surface area contributed by atoms with E-state index in [9.17, 15) is 0 Å². The van der Waals surface area contributed by atoms with Crippen LogP contribution in [0.4, 0.5) is 0 Å². The topological polar surface area (TPSA) is 0 Å². The predicted octanol–water partition coefficient (Wildman–Crippen LogP) is 8.31. The molecule has 168 valence electrons. The Bertz CT molecular complexity index is 1150. The van der Waals surface area contributed by atoms with E-state index in [1.54, 1.807) is 0 Å². The lowest BCUT2D eigenvalue weighted by molar-refractivity contribution is 1.06. The standard InChI is InChI=1S/C33H36/c1-22-7-11-28(12-8-22)17-30-15-24(3)26(5)32(19-30)21-33-20-31(16-25(4)27(33)6)18-29-13-9-23(2)10-14-29/h7-16,19-20H,17-18,21H2,1-6H3. The molecule has 4 aromatic carbocycles. The van der Waals surface area contributed by atoms with E-state index >= 15 is 0 Å². The number of benzene rings is 4. The molecule has 4 rings (SSSR count). The van der Waals surface area contributed by atoms with E-state index in [4.69, 9.17) is 0 Å². The van der Waals surface area contributed by atoms with E-state index in [-0.39, 0.29) is 0 Å². The summed E-state index contributed by atoms with van der Waals surface area (Å²) in [4.78, 5) is 0. The van der Waals surface area contributed by atoms with Crippen molar-refractivity contribution < 1.29 is 0 Å². The smallest absolute Gasteiger partial charge is 0.00201 e. The highest BCUT2D eigenvalue weighted by Gasteiger charge is 2.11. The maximum Gasteiger partial charge on any atom is -0.00201 e. The van der Waals surface area contributed by atoms with Crippen molar-refractivity contribution in [1.82, 2.24) is 0 Å². The summed E-state index contributed by atoms with van der Waals surface area (Å²) in [5.74, 6) is 0. The predicted molar refractivity (Wildman–Crippen MR) is 143 cm³/mol. The molecule has 33 heavy (non-hydrogen) atoms. The van der Waals surface area contributed by atoms with E-state index in [0.717, 1.165) is 19.3 Å². The Kier molecular flexibility index (Phi) is 6.84. The first-order valence-corrected chi connectivity index (χ1v) is 12.1. The van der Waals surface area contributed by atoms with E-state index in [1.165, 1.54) is 66.8 Å². The summed E-state index contributed by atoms with van der Waals surface area (Å²) in [6, 6.07) is 27.5. The van der Waals surface area contributed by atoms with Gasteiger partial charge in [-0.25, -0.2) is 0 Å². The minimum atomic E-state index is 0.986. The average Bonchev–Trinajstić information content (AvgIpc) is 2.78. The quantitative estimate of drug-likeness (QED) is 0.287. The lowest BCUT2D eigenvalue weighted by Crippen LogP contribution is -2.02. The molecule has 0 heteroatoms. The second kappa shape index (κ2) is 9.79. The largest absolute Gasteiger partial charge is 0.0590 e. The molecule has 0 aliphatic carbocycles. The Morgan fingerprint density at radius 3 is 1.12 bits per heavy atom. The fourth-order valence-electron chi connectivity index (χ4n) is 4.69. The number of hydrogen-bond donors (Lipinski definition) is 0. The van der Waals surface area contributed by atoms with Crippen LogP contribution in [0.25, 0.3) is 0 Å². The van der Waals surface area contributed by atoms with Gasteiger partial charge in [-0.1, -0.05) is 83.9 Å². The molecule has 0 nitrogen and oxygen atoms in total. The van der Waals surface area contributed by atoms with Crippen molar-refractivity contribution in [2.24, 2.45) is 0 Å². The maximum atomic E-state index is 2.43. The molecule has 0 N–H and O–H groups in total. The summed E-state index contributed by atoms with van der Waals surface area (Å²) >= 11 is 0. The van der Waals surface area contributed by atoms with Gasteiger partial charge in [0.05, 0.1) is 0 Å². The molecule has 0 fully saturated rings. The first-order chi connectivity index (χ1) is 15.8. The molecule has 0 amide bonds. The molecular formula is C33H36. The third kappa shape index (κ3) is 5.63. The summed E-state index contributed by atoms with van der Waals surface area (Å²) in [7, 11) is 0. The van der Waals surface area contributed by atoms with Crippen LogP contribution in [0.1, 0.15) is 66.8 Å². The summed E-state index contributed by atoms with van der Waals surface area (Å²) in [5.41, 5.74) is 16.7. The van der Waals surface area contributed by atoms with Crippen LogP contribution in [0, 0.1) is 41.5 Å². The van der Waals surface area contributed by atoms with Crippen molar-refractivity contribution in [2.45, 2.75) is 60.8 Å². The lowest BCUT2D eigenvalue weighted by Gasteiger charge is -2.17. The number of rotatable bonds is 6. The summed E-state index contributed by atoms with van der Waals surface area (Å²) in [6.45, 7) is 13.4. The van der Waals surface area contributed by atoms with Crippen LogP contribution in [-0.2, 0) is 19.3 Å². The van der Waals surface area contributed by atoms with Gasteiger partial charge in [0, 0.05) is 0 Å². The van der Waals surface area contributed by atoms with Gasteiger partial charge in [0.25, 0.3) is 0 Å². The minimum absolute atomic E-state index is 0.986. The molecule has 0 aromatic heterocycles. The second-order valence-electron chi connectivity index (χ2n) is 9.90. The van der Waals surface area contributed by atoms with E-state index in [2.05, 4.69) is 114 Å². The Labute approximate surface area is 200 Å². The Hall–Kier alpha value is -3.12. The molecule has 0 bridgehead atoms. The van der Waals surface area contributed by atoms with Crippen LogP contribution in [0.5, 0.6) is 0 Å². The Balaban J connectivity index is 1.63. The molecule has 0 saturated carbocycles. The van der Waals surface area contributed by atoms with Crippen LogP contribution < -0.4 is 0 Å². The van der Waals surface area contributed by atoms with Gasteiger partial charge in [0.2, 0.25) is 0 Å². The molecule has 0 unspecified atom stereocenters. The SMILES string of the molecule is Cc1ccc(Cc2cc(C)c(C)c(Cc3cc(Cc4ccc(C)cc4)cc(C)c3C)c2)cc1. The Morgan fingerprint density at radius 2 is 0.758 bits per heavy atom. The highest BCUT2D eigenvalue weighted by molar-refractivity contribution is 5.46. The van der Waals surface area contributed by atoms with Crippen molar-refractivity contribution in [3.05, 3.63) is 140 Å². The summed E-state index contributed by atoms with van der Waals surface area (Å²) in [5, 5.41) is 0. The van der Waals surface area contributed by atoms with Crippen LogP contribution in [0.2, 0.25) is 0 Å². The molecule has 0 heterocycles. The van der Waals surface area contributed by atoms with E-state index < -0.39 is 0 Å². The van der Waals surface area contributed by atoms with Gasteiger partial charge in [0.15, 0.2) is 0 Å². The van der Waals surface area contributed by atoms with E-state index in [1.807, 2.05) is 0 Å². The van der Waals surface area contributed by atoms with Gasteiger partial charge in [-0.3, -0.25) is 0 Å². The van der Waals surface area contributed by atoms with Crippen molar-refractivity contribution in [3.63, 3.8) is 0 Å². The summed E-state index contributed by atoms with van der Waals surface area (Å²) < 4.78 is 0. The van der Waals surface area contributed by atoms with Crippen molar-refractivity contribution in [1.29, 1.82) is 0 Å². The highest BCUT2D eigenvalue weighted by Crippen LogP contribution is 2.26. The second-order valence-corrected chi connectivity index (χ2v) is 9.90. The van der Waals surface area contributed by atoms with Gasteiger partial charge < -0.3 is 0 Å². The van der Waals surface area contributed by atoms with Crippen LogP contribution in [0.3, 0.4) is 0 Å². The monoisotopic (exact) mass is 432 g/mol. The van der Waals surface area contributed by atoms with Crippen LogP contribution >= 0.6 is 0 Å². The molecule has 0 radical (unpaired) electrons. The summed E-state index contributed by atoms with van der Waals surface area (Å²) in [6.07, 6.45) is 2.96. The lowest BCUT2D eigenvalue weighted by atomic mass is 9.88. The zero-order chi connectivity index (χ0) is 23.5. The maximum absolute atomic E-state index is 2.43. The number of aryl methyl sites for hydroxylation is 4. The third-order valence-electron chi connectivity index (χ3n) is 7.11. The first-order valence-electron chi connectivity index (χ1n) is 12.1. The van der Waals surface area contributed by atoms with Gasteiger partial charge >= 0.3 is 0 Å². The normalized spacial score (nSPS) is 11.1. The number of hydrogen-bond acceptors (Lipinski definition) is 0. The molecule has 0 spiro atoms. The molecule has 0 aliphatic rings. The van der Waals surface area contributed by atoms with Gasteiger partial charge in [-0.05, 0) is 116 Å². The molecule has 0 aliphatic heterocycles. The van der Waals surface area contributed by atoms with Crippen molar-refractivity contribution >= 4 is 0 Å². The zero-order valence-corrected chi connectivity index (χ0v) is 21.0. The first kappa shape index (κ1) is 23.1. The highest BCUT2D eigenvalue weighted by atomic mass is 14.2.